The number of imidazole rings is 1. The fourth-order valence-corrected chi connectivity index (χ4v) is 3.48. The van der Waals surface area contributed by atoms with E-state index in [1.165, 1.54) is 17.7 Å². The molecule has 0 aliphatic carbocycles. The van der Waals surface area contributed by atoms with Gasteiger partial charge < -0.3 is 15.0 Å². The van der Waals surface area contributed by atoms with E-state index < -0.39 is 0 Å². The summed E-state index contributed by atoms with van der Waals surface area (Å²) in [5.74, 6) is 0.567. The molecule has 0 aliphatic heterocycles. The van der Waals surface area contributed by atoms with E-state index >= 15 is 0 Å². The Bertz CT molecular complexity index is 1370. The molecule has 0 spiro atoms. The molecule has 0 unspecified atom stereocenters. The Balaban J connectivity index is 1.53. The van der Waals surface area contributed by atoms with Crippen LogP contribution in [0.25, 0.3) is 27.7 Å². The van der Waals surface area contributed by atoms with Crippen molar-refractivity contribution in [3.8, 4) is 11.3 Å². The molecule has 2 heterocycles. The first-order chi connectivity index (χ1) is 14.7. The molecule has 1 amide bonds. The molecule has 0 aliphatic rings. The number of carbonyl (C=O) groups excluding carboxylic acids is 1. The van der Waals surface area contributed by atoms with Crippen LogP contribution in [0.4, 0.5) is 17.2 Å². The molecule has 2 aromatic heterocycles. The second-order valence-corrected chi connectivity index (χ2v) is 7.08. The van der Waals surface area contributed by atoms with E-state index in [0.29, 0.717) is 5.82 Å². The molecule has 2 N–H and O–H groups in total. The van der Waals surface area contributed by atoms with Gasteiger partial charge in [-0.05, 0) is 41.1 Å². The summed E-state index contributed by atoms with van der Waals surface area (Å²) in [6, 6.07) is 22.1. The van der Waals surface area contributed by atoms with Gasteiger partial charge in [0.15, 0.2) is 11.5 Å². The normalized spacial score (nSPS) is 11.0. The number of amides is 1. The Hall–Kier alpha value is -4.19. The number of hydrogen-bond acceptors (Lipinski definition) is 4. The van der Waals surface area contributed by atoms with Gasteiger partial charge in [0.05, 0.1) is 5.69 Å². The Morgan fingerprint density at radius 1 is 0.933 bits per heavy atom. The lowest BCUT2D eigenvalue weighted by Crippen LogP contribution is -2.05. The lowest BCUT2D eigenvalue weighted by molar-refractivity contribution is -0.114. The number of nitrogens with zero attached hydrogens (tertiary/aromatic N) is 3. The lowest BCUT2D eigenvalue weighted by Gasteiger charge is -2.11. The van der Waals surface area contributed by atoms with Crippen LogP contribution in [0.1, 0.15) is 6.92 Å². The summed E-state index contributed by atoms with van der Waals surface area (Å²) in [4.78, 5) is 20.5. The van der Waals surface area contributed by atoms with Crippen LogP contribution in [0.15, 0.2) is 85.3 Å². The number of carbonyl (C=O) groups is 1. The number of fused-ring (bicyclic) bond motifs is 2. The van der Waals surface area contributed by atoms with Crippen LogP contribution >= 0.6 is 0 Å². The number of nitrogens with one attached hydrogen (secondary N) is 2. The second kappa shape index (κ2) is 7.33. The molecule has 0 radical (unpaired) electrons. The van der Waals surface area contributed by atoms with Gasteiger partial charge in [0.1, 0.15) is 0 Å². The molecule has 0 saturated carbocycles. The SMILES string of the molecule is CC(=O)Nc1ccc(Nc2nc(-c3ccc4ccccc4c3)cn3ccnc23)cc1. The molecule has 0 saturated heterocycles. The summed E-state index contributed by atoms with van der Waals surface area (Å²) in [6.07, 6.45) is 5.65. The van der Waals surface area contributed by atoms with Gasteiger partial charge in [0.25, 0.3) is 0 Å². The van der Waals surface area contributed by atoms with Crippen molar-refractivity contribution in [1.29, 1.82) is 0 Å². The van der Waals surface area contributed by atoms with Gasteiger partial charge >= 0.3 is 0 Å². The fraction of sp³-hybridized carbons (Fsp3) is 0.0417. The standard InChI is InChI=1S/C24H19N5O/c1-16(30)26-20-8-10-21(11-9-20)27-23-24-25-12-13-29(24)15-22(28-23)19-7-6-17-4-2-3-5-18(17)14-19/h2-15H,1H3,(H,26,30)(H,27,28). The van der Waals surface area contributed by atoms with Crippen molar-refractivity contribution in [3.63, 3.8) is 0 Å². The van der Waals surface area contributed by atoms with Gasteiger partial charge in [-0.25, -0.2) is 9.97 Å². The molecule has 5 rings (SSSR count). The van der Waals surface area contributed by atoms with Crippen molar-refractivity contribution in [3.05, 3.63) is 85.3 Å². The molecule has 0 atom stereocenters. The van der Waals surface area contributed by atoms with Gasteiger partial charge in [-0.1, -0.05) is 36.4 Å². The average Bonchev–Trinajstić information content (AvgIpc) is 3.23. The first kappa shape index (κ1) is 17.9. The Morgan fingerprint density at radius 2 is 1.70 bits per heavy atom. The largest absolute Gasteiger partial charge is 0.337 e. The summed E-state index contributed by atoms with van der Waals surface area (Å²) in [6.45, 7) is 1.49. The lowest BCUT2D eigenvalue weighted by atomic mass is 10.1. The van der Waals surface area contributed by atoms with E-state index in [2.05, 4.69) is 45.9 Å². The third-order valence-electron chi connectivity index (χ3n) is 4.89. The Morgan fingerprint density at radius 3 is 2.50 bits per heavy atom. The smallest absolute Gasteiger partial charge is 0.221 e. The molecular weight excluding hydrogens is 374 g/mol. The van der Waals surface area contributed by atoms with Crippen LogP contribution in [-0.4, -0.2) is 20.3 Å². The molecule has 146 valence electrons. The quantitative estimate of drug-likeness (QED) is 0.437. The number of benzene rings is 3. The van der Waals surface area contributed by atoms with E-state index in [0.717, 1.165) is 28.3 Å². The third-order valence-corrected chi connectivity index (χ3v) is 4.89. The summed E-state index contributed by atoms with van der Waals surface area (Å²) >= 11 is 0. The van der Waals surface area contributed by atoms with Crippen molar-refractivity contribution < 1.29 is 4.79 Å². The molecule has 6 nitrogen and oxygen atoms in total. The third kappa shape index (κ3) is 3.46. The maximum absolute atomic E-state index is 11.2. The van der Waals surface area contributed by atoms with E-state index in [1.54, 1.807) is 6.20 Å². The number of hydrogen-bond donors (Lipinski definition) is 2. The minimum absolute atomic E-state index is 0.0976. The highest BCUT2D eigenvalue weighted by Gasteiger charge is 2.10. The van der Waals surface area contributed by atoms with Crippen molar-refractivity contribution in [2.24, 2.45) is 0 Å². The Kier molecular flexibility index (Phi) is 4.37. The van der Waals surface area contributed by atoms with Gasteiger partial charge in [0, 0.05) is 42.5 Å². The number of anilines is 3. The topological polar surface area (TPSA) is 71.3 Å². The highest BCUT2D eigenvalue weighted by atomic mass is 16.1. The van der Waals surface area contributed by atoms with Crippen molar-refractivity contribution in [2.75, 3.05) is 10.6 Å². The van der Waals surface area contributed by atoms with E-state index in [1.807, 2.05) is 53.2 Å². The van der Waals surface area contributed by atoms with E-state index in [-0.39, 0.29) is 5.91 Å². The van der Waals surface area contributed by atoms with Crippen LogP contribution in [0, 0.1) is 0 Å². The fourth-order valence-electron chi connectivity index (χ4n) is 3.48. The maximum atomic E-state index is 11.2. The average molecular weight is 393 g/mol. The predicted molar refractivity (Wildman–Crippen MR) is 120 cm³/mol. The van der Waals surface area contributed by atoms with Crippen LogP contribution in [0.3, 0.4) is 0 Å². The Labute approximate surface area is 173 Å². The van der Waals surface area contributed by atoms with E-state index in [4.69, 9.17) is 4.98 Å². The molecule has 6 heteroatoms. The van der Waals surface area contributed by atoms with E-state index in [9.17, 15) is 4.79 Å². The first-order valence-electron chi connectivity index (χ1n) is 9.63. The minimum atomic E-state index is -0.0976. The second-order valence-electron chi connectivity index (χ2n) is 7.08. The molecule has 0 fully saturated rings. The maximum Gasteiger partial charge on any atom is 0.221 e. The number of rotatable bonds is 4. The minimum Gasteiger partial charge on any atom is -0.337 e. The van der Waals surface area contributed by atoms with Gasteiger partial charge in [-0.15, -0.1) is 0 Å². The van der Waals surface area contributed by atoms with Crippen molar-refractivity contribution in [2.45, 2.75) is 6.92 Å². The van der Waals surface area contributed by atoms with Crippen LogP contribution in [0.2, 0.25) is 0 Å². The summed E-state index contributed by atoms with van der Waals surface area (Å²) < 4.78 is 1.96. The molecule has 0 bridgehead atoms. The summed E-state index contributed by atoms with van der Waals surface area (Å²) in [7, 11) is 0. The van der Waals surface area contributed by atoms with Gasteiger partial charge in [-0.3, -0.25) is 4.79 Å². The molecule has 3 aromatic carbocycles. The van der Waals surface area contributed by atoms with Crippen molar-refractivity contribution >= 4 is 39.5 Å². The zero-order valence-electron chi connectivity index (χ0n) is 16.3. The monoisotopic (exact) mass is 393 g/mol. The molecular formula is C24H19N5O. The first-order valence-corrected chi connectivity index (χ1v) is 9.63. The summed E-state index contributed by atoms with van der Waals surface area (Å²) in [5, 5.41) is 8.49. The zero-order chi connectivity index (χ0) is 20.5. The predicted octanol–water partition coefficient (Wildman–Crippen LogP) is 5.25. The van der Waals surface area contributed by atoms with Crippen LogP contribution < -0.4 is 10.6 Å². The zero-order valence-corrected chi connectivity index (χ0v) is 16.3. The van der Waals surface area contributed by atoms with Crippen LogP contribution in [-0.2, 0) is 4.79 Å². The van der Waals surface area contributed by atoms with Gasteiger partial charge in [0.2, 0.25) is 5.91 Å². The molecule has 30 heavy (non-hydrogen) atoms. The highest BCUT2D eigenvalue weighted by molar-refractivity contribution is 5.89. The van der Waals surface area contributed by atoms with Crippen molar-refractivity contribution in [1.82, 2.24) is 14.4 Å². The summed E-state index contributed by atoms with van der Waals surface area (Å²) in [5.41, 5.74) is 4.23. The van der Waals surface area contributed by atoms with Gasteiger partial charge in [-0.2, -0.15) is 0 Å². The highest BCUT2D eigenvalue weighted by Crippen LogP contribution is 2.27. The van der Waals surface area contributed by atoms with Crippen LogP contribution in [0.5, 0.6) is 0 Å². The number of aromatic nitrogens is 3. The molecule has 5 aromatic rings.